The highest BCUT2D eigenvalue weighted by molar-refractivity contribution is 5.79. The molecule has 1 N–H and O–H groups in total. The van der Waals surface area contributed by atoms with Crippen molar-refractivity contribution in [2.45, 2.75) is 26.3 Å². The van der Waals surface area contributed by atoms with Crippen LogP contribution in [0.2, 0.25) is 0 Å². The molecule has 0 radical (unpaired) electrons. The zero-order valence-electron chi connectivity index (χ0n) is 14.7. The molecular formula is C23H23NO. The van der Waals surface area contributed by atoms with E-state index in [9.17, 15) is 4.79 Å². The second kappa shape index (κ2) is 7.80. The fraction of sp³-hybridized carbons (Fsp3) is 0.174. The molecule has 0 aliphatic rings. The van der Waals surface area contributed by atoms with Crippen LogP contribution in [0.5, 0.6) is 0 Å². The Bertz CT molecular complexity index is 837. The van der Waals surface area contributed by atoms with E-state index in [1.807, 2.05) is 61.5 Å². The third-order valence-electron chi connectivity index (χ3n) is 4.42. The first kappa shape index (κ1) is 17.0. The molecule has 0 saturated carbocycles. The molecule has 1 unspecified atom stereocenters. The van der Waals surface area contributed by atoms with Crippen LogP contribution < -0.4 is 5.32 Å². The fourth-order valence-electron chi connectivity index (χ4n) is 3.00. The number of hydrogen-bond donors (Lipinski definition) is 1. The zero-order valence-corrected chi connectivity index (χ0v) is 14.7. The Morgan fingerprint density at radius 1 is 0.840 bits per heavy atom. The van der Waals surface area contributed by atoms with Crippen LogP contribution in [0.25, 0.3) is 0 Å². The molecule has 0 heterocycles. The maximum Gasteiger partial charge on any atom is 0.225 e. The van der Waals surface area contributed by atoms with Gasteiger partial charge in [0, 0.05) is 0 Å². The quantitative estimate of drug-likeness (QED) is 0.719. The molecule has 3 aromatic rings. The van der Waals surface area contributed by atoms with E-state index in [-0.39, 0.29) is 11.9 Å². The van der Waals surface area contributed by atoms with Crippen molar-refractivity contribution in [3.05, 3.63) is 107 Å². The van der Waals surface area contributed by atoms with E-state index in [1.54, 1.807) is 0 Å². The van der Waals surface area contributed by atoms with E-state index >= 15 is 0 Å². The van der Waals surface area contributed by atoms with E-state index in [2.05, 4.69) is 36.5 Å². The highest BCUT2D eigenvalue weighted by atomic mass is 16.1. The van der Waals surface area contributed by atoms with Gasteiger partial charge in [-0.05, 0) is 36.1 Å². The van der Waals surface area contributed by atoms with E-state index in [0.29, 0.717) is 6.42 Å². The highest BCUT2D eigenvalue weighted by Crippen LogP contribution is 2.25. The number of carbonyl (C=O) groups excluding carboxylic acids is 1. The third kappa shape index (κ3) is 4.36. The predicted octanol–water partition coefficient (Wildman–Crippen LogP) is 4.75. The number of hydrogen-bond acceptors (Lipinski definition) is 1. The summed E-state index contributed by atoms with van der Waals surface area (Å²) < 4.78 is 0. The number of amides is 1. The summed E-state index contributed by atoms with van der Waals surface area (Å²) in [5.74, 6) is 0.0287. The molecule has 0 fully saturated rings. The minimum absolute atomic E-state index is 0.0287. The maximum absolute atomic E-state index is 12.7. The molecule has 0 aliphatic heterocycles. The first-order valence-corrected chi connectivity index (χ1v) is 8.59. The van der Waals surface area contributed by atoms with E-state index in [1.165, 1.54) is 11.1 Å². The van der Waals surface area contributed by atoms with E-state index in [0.717, 1.165) is 16.7 Å². The van der Waals surface area contributed by atoms with Gasteiger partial charge in [-0.15, -0.1) is 0 Å². The van der Waals surface area contributed by atoms with E-state index < -0.39 is 0 Å². The summed E-state index contributed by atoms with van der Waals surface area (Å²) in [6.45, 7) is 4.13. The number of nitrogens with one attached hydrogen (secondary N) is 1. The molecule has 0 bridgehead atoms. The Balaban J connectivity index is 1.84. The average Bonchev–Trinajstić information content (AvgIpc) is 2.63. The molecule has 3 aromatic carbocycles. The van der Waals surface area contributed by atoms with Gasteiger partial charge in [0.2, 0.25) is 5.91 Å². The Hall–Kier alpha value is -2.87. The summed E-state index contributed by atoms with van der Waals surface area (Å²) in [5.41, 5.74) is 5.62. The van der Waals surface area contributed by atoms with Crippen LogP contribution in [0.1, 0.15) is 33.9 Å². The van der Waals surface area contributed by atoms with Crippen LogP contribution in [-0.4, -0.2) is 5.91 Å². The van der Waals surface area contributed by atoms with Gasteiger partial charge in [-0.1, -0.05) is 84.4 Å². The summed E-state index contributed by atoms with van der Waals surface area (Å²) in [4.78, 5) is 12.7. The molecule has 0 aliphatic carbocycles. The second-order valence-electron chi connectivity index (χ2n) is 6.43. The first-order valence-electron chi connectivity index (χ1n) is 8.59. The molecule has 2 heteroatoms. The van der Waals surface area contributed by atoms with Gasteiger partial charge in [-0.3, -0.25) is 4.79 Å². The Morgan fingerprint density at radius 3 is 2.16 bits per heavy atom. The van der Waals surface area contributed by atoms with Gasteiger partial charge >= 0.3 is 0 Å². The topological polar surface area (TPSA) is 29.1 Å². The van der Waals surface area contributed by atoms with Crippen molar-refractivity contribution in [3.8, 4) is 0 Å². The molecule has 0 saturated heterocycles. The smallest absolute Gasteiger partial charge is 0.225 e. The van der Waals surface area contributed by atoms with Crippen molar-refractivity contribution in [1.82, 2.24) is 5.32 Å². The SMILES string of the molecule is Cc1ccc(CC(=O)NC(c2ccccc2)c2ccccc2C)cc1. The standard InChI is InChI=1S/C23H23NO/c1-17-12-14-19(15-13-17)16-22(25)24-23(20-9-4-3-5-10-20)21-11-7-6-8-18(21)2/h3-15,23H,16H2,1-2H3,(H,24,25). The molecule has 1 atom stereocenters. The lowest BCUT2D eigenvalue weighted by atomic mass is 9.94. The van der Waals surface area contributed by atoms with Gasteiger partial charge in [0.05, 0.1) is 12.5 Å². The van der Waals surface area contributed by atoms with Gasteiger partial charge in [0.15, 0.2) is 0 Å². The lowest BCUT2D eigenvalue weighted by Crippen LogP contribution is -2.31. The molecule has 25 heavy (non-hydrogen) atoms. The van der Waals surface area contributed by atoms with Crippen LogP contribution in [0.3, 0.4) is 0 Å². The molecule has 0 spiro atoms. The van der Waals surface area contributed by atoms with Crippen LogP contribution in [0.15, 0.2) is 78.9 Å². The van der Waals surface area contributed by atoms with Crippen molar-refractivity contribution in [2.75, 3.05) is 0 Å². The summed E-state index contributed by atoms with van der Waals surface area (Å²) in [6.07, 6.45) is 0.384. The zero-order chi connectivity index (χ0) is 17.6. The van der Waals surface area contributed by atoms with Crippen LogP contribution in [-0.2, 0) is 11.2 Å². The van der Waals surface area contributed by atoms with Gasteiger partial charge < -0.3 is 5.32 Å². The van der Waals surface area contributed by atoms with Crippen LogP contribution in [0, 0.1) is 13.8 Å². The fourth-order valence-corrected chi connectivity index (χ4v) is 3.00. The lowest BCUT2D eigenvalue weighted by molar-refractivity contribution is -0.120. The molecule has 126 valence electrons. The van der Waals surface area contributed by atoms with Crippen molar-refractivity contribution in [2.24, 2.45) is 0 Å². The first-order chi connectivity index (χ1) is 12.1. The minimum Gasteiger partial charge on any atom is -0.345 e. The number of carbonyl (C=O) groups is 1. The van der Waals surface area contributed by atoms with Gasteiger partial charge in [0.1, 0.15) is 0 Å². The number of benzene rings is 3. The molecule has 3 rings (SSSR count). The highest BCUT2D eigenvalue weighted by Gasteiger charge is 2.18. The number of rotatable bonds is 5. The molecule has 1 amide bonds. The predicted molar refractivity (Wildman–Crippen MR) is 102 cm³/mol. The van der Waals surface area contributed by atoms with Crippen molar-refractivity contribution >= 4 is 5.91 Å². The molecule has 0 aromatic heterocycles. The van der Waals surface area contributed by atoms with Crippen molar-refractivity contribution < 1.29 is 4.79 Å². The molecule has 2 nitrogen and oxygen atoms in total. The Morgan fingerprint density at radius 2 is 1.48 bits per heavy atom. The maximum atomic E-state index is 12.7. The van der Waals surface area contributed by atoms with Crippen molar-refractivity contribution in [1.29, 1.82) is 0 Å². The summed E-state index contributed by atoms with van der Waals surface area (Å²) in [5, 5.41) is 3.21. The normalized spacial score (nSPS) is 11.8. The van der Waals surface area contributed by atoms with E-state index in [4.69, 9.17) is 0 Å². The molecular weight excluding hydrogens is 306 g/mol. The average molecular weight is 329 g/mol. The third-order valence-corrected chi connectivity index (χ3v) is 4.42. The second-order valence-corrected chi connectivity index (χ2v) is 6.43. The van der Waals surface area contributed by atoms with Crippen LogP contribution >= 0.6 is 0 Å². The van der Waals surface area contributed by atoms with Gasteiger partial charge in [0.25, 0.3) is 0 Å². The largest absolute Gasteiger partial charge is 0.345 e. The summed E-state index contributed by atoms with van der Waals surface area (Å²) in [7, 11) is 0. The summed E-state index contributed by atoms with van der Waals surface area (Å²) in [6, 6.07) is 26.3. The monoisotopic (exact) mass is 329 g/mol. The minimum atomic E-state index is -0.139. The number of aryl methyl sites for hydroxylation is 2. The van der Waals surface area contributed by atoms with Crippen molar-refractivity contribution in [3.63, 3.8) is 0 Å². The van der Waals surface area contributed by atoms with Gasteiger partial charge in [-0.25, -0.2) is 0 Å². The lowest BCUT2D eigenvalue weighted by Gasteiger charge is -2.22. The summed E-state index contributed by atoms with van der Waals surface area (Å²) >= 11 is 0. The van der Waals surface area contributed by atoms with Crippen LogP contribution in [0.4, 0.5) is 0 Å². The van der Waals surface area contributed by atoms with Gasteiger partial charge in [-0.2, -0.15) is 0 Å². The Labute approximate surface area is 149 Å². The Kier molecular flexibility index (Phi) is 5.30.